The number of nitrogens with zero attached hydrogens (tertiary/aromatic N) is 2. The van der Waals surface area contributed by atoms with Gasteiger partial charge in [-0.1, -0.05) is 0 Å². The molecule has 5 heteroatoms. The molecular weight excluding hydrogens is 134 g/mol. The molecular formula is C5H9N3O2. The largest absolute Gasteiger partial charge is 0.487 e. The Kier molecular flexibility index (Phi) is 2.22. The highest BCUT2D eigenvalue weighted by atomic mass is 16.5. The van der Waals surface area contributed by atoms with Gasteiger partial charge in [0.1, 0.15) is 6.61 Å². The van der Waals surface area contributed by atoms with Gasteiger partial charge in [-0.15, -0.1) is 0 Å². The second-order valence-corrected chi connectivity index (χ2v) is 1.82. The molecule has 0 unspecified atom stereocenters. The summed E-state index contributed by atoms with van der Waals surface area (Å²) in [7, 11) is 1.61. The average molecular weight is 143 g/mol. The first-order valence-electron chi connectivity index (χ1n) is 2.90. The lowest BCUT2D eigenvalue weighted by Crippen LogP contribution is -2.39. The van der Waals surface area contributed by atoms with Gasteiger partial charge < -0.3 is 9.26 Å². The van der Waals surface area contributed by atoms with Gasteiger partial charge in [-0.25, -0.2) is 4.68 Å². The van der Waals surface area contributed by atoms with Crippen molar-refractivity contribution in [2.24, 2.45) is 0 Å². The van der Waals surface area contributed by atoms with Crippen molar-refractivity contribution in [1.29, 1.82) is 5.41 Å². The molecule has 1 aromatic heterocycles. The molecule has 1 N–H and O–H groups in total. The van der Waals surface area contributed by atoms with Crippen LogP contribution in [0.4, 0.5) is 0 Å². The topological polar surface area (TPSA) is 64.2 Å². The fraction of sp³-hybridized carbons (Fsp3) is 0.600. The summed E-state index contributed by atoms with van der Waals surface area (Å²) in [6.07, 6.45) is 1.50. The van der Waals surface area contributed by atoms with Crippen LogP contribution in [0.1, 0.15) is 0 Å². The molecule has 0 bridgehead atoms. The summed E-state index contributed by atoms with van der Waals surface area (Å²) in [6.45, 7) is 1.20. The molecule has 1 aromatic rings. The van der Waals surface area contributed by atoms with Crippen molar-refractivity contribution in [3.63, 3.8) is 0 Å². The Balaban J connectivity index is 2.50. The number of rotatable bonds is 3. The van der Waals surface area contributed by atoms with E-state index in [0.29, 0.717) is 13.2 Å². The number of nitrogens with one attached hydrogen (secondary N) is 1. The predicted octanol–water partition coefficient (Wildman–Crippen LogP) is -1.35. The number of hydrogen-bond acceptors (Lipinski definition) is 3. The molecule has 0 aliphatic carbocycles. The Labute approximate surface area is 57.7 Å². The summed E-state index contributed by atoms with van der Waals surface area (Å²) in [5.74, 6) is 0. The van der Waals surface area contributed by atoms with Gasteiger partial charge in [0.25, 0.3) is 5.55 Å². The Morgan fingerprint density at radius 3 is 3.20 bits per heavy atom. The van der Waals surface area contributed by atoms with Gasteiger partial charge in [0.05, 0.1) is 0 Å². The highest BCUT2D eigenvalue weighted by Crippen LogP contribution is 1.64. The molecule has 0 aliphatic heterocycles. The van der Waals surface area contributed by atoms with Crippen molar-refractivity contribution in [3.8, 4) is 0 Å². The number of ether oxygens (including phenoxy) is 1. The third-order valence-electron chi connectivity index (χ3n) is 1.03. The molecule has 0 atom stereocenters. The van der Waals surface area contributed by atoms with E-state index in [4.69, 9.17) is 10.1 Å². The summed E-state index contributed by atoms with van der Waals surface area (Å²) in [5, 5.41) is 10.5. The molecule has 0 fully saturated rings. The van der Waals surface area contributed by atoms with E-state index >= 15 is 0 Å². The minimum Gasteiger partial charge on any atom is -0.487 e. The first-order chi connectivity index (χ1) is 4.83. The molecule has 5 nitrogen and oxygen atoms in total. The summed E-state index contributed by atoms with van der Waals surface area (Å²) in [4.78, 5) is 0. The smallest absolute Gasteiger partial charge is 0.264 e. The van der Waals surface area contributed by atoms with Crippen LogP contribution >= 0.6 is 0 Å². The second kappa shape index (κ2) is 3.17. The Bertz CT molecular complexity index is 239. The van der Waals surface area contributed by atoms with Crippen LogP contribution in [0.2, 0.25) is 0 Å². The van der Waals surface area contributed by atoms with Crippen LogP contribution in [-0.4, -0.2) is 13.7 Å². The summed E-state index contributed by atoms with van der Waals surface area (Å²) >= 11 is 0. The zero-order valence-corrected chi connectivity index (χ0v) is 5.70. The van der Waals surface area contributed by atoms with Crippen LogP contribution in [0.3, 0.4) is 0 Å². The fourth-order valence-corrected chi connectivity index (χ4v) is 0.569. The molecule has 1 heterocycles. The van der Waals surface area contributed by atoms with E-state index in [1.165, 1.54) is 10.9 Å². The van der Waals surface area contributed by atoms with Gasteiger partial charge >= 0.3 is 0 Å². The molecule has 0 spiro atoms. The predicted molar refractivity (Wildman–Crippen MR) is 30.0 cm³/mol. The van der Waals surface area contributed by atoms with E-state index in [0.717, 1.165) is 0 Å². The lowest BCUT2D eigenvalue weighted by atomic mass is 10.7. The van der Waals surface area contributed by atoms with Crippen LogP contribution in [-0.2, 0) is 11.3 Å². The Morgan fingerprint density at radius 1 is 1.90 bits per heavy atom. The van der Waals surface area contributed by atoms with E-state index in [1.54, 1.807) is 7.11 Å². The monoisotopic (exact) mass is 143 g/mol. The van der Waals surface area contributed by atoms with Crippen molar-refractivity contribution in [3.05, 3.63) is 11.8 Å². The van der Waals surface area contributed by atoms with Crippen LogP contribution in [0, 0.1) is 5.41 Å². The zero-order valence-electron chi connectivity index (χ0n) is 5.70. The van der Waals surface area contributed by atoms with E-state index in [-0.39, 0.29) is 5.55 Å². The molecule has 1 rings (SSSR count). The zero-order chi connectivity index (χ0) is 7.40. The van der Waals surface area contributed by atoms with Crippen molar-refractivity contribution in [2.75, 3.05) is 13.7 Å². The first kappa shape index (κ1) is 7.01. The minimum absolute atomic E-state index is 0.0658. The standard InChI is InChI=1S/C5H9N3O2/c1-9-3-2-8-4-5(6)10-7-8/h4,6H,2-3H2,1H3. The second-order valence-electron chi connectivity index (χ2n) is 1.82. The Hall–Kier alpha value is -1.10. The molecule has 0 aromatic carbocycles. The average Bonchev–Trinajstić information content (AvgIpc) is 2.31. The SMILES string of the molecule is COCC[n+]1cc(=N)o[n-]1. The van der Waals surface area contributed by atoms with Gasteiger partial charge in [-0.05, 0) is 0 Å². The van der Waals surface area contributed by atoms with E-state index in [2.05, 4.69) is 9.79 Å². The highest BCUT2D eigenvalue weighted by Gasteiger charge is 1.92. The number of hydrogen-bond donors (Lipinski definition) is 1. The third-order valence-corrected chi connectivity index (χ3v) is 1.03. The van der Waals surface area contributed by atoms with Gasteiger partial charge in [-0.2, -0.15) is 0 Å². The maximum absolute atomic E-state index is 6.96. The van der Waals surface area contributed by atoms with Gasteiger partial charge in [0.15, 0.2) is 6.54 Å². The summed E-state index contributed by atoms with van der Waals surface area (Å²) in [6, 6.07) is 0. The molecule has 0 aliphatic rings. The van der Waals surface area contributed by atoms with Crippen LogP contribution in [0.25, 0.3) is 0 Å². The van der Waals surface area contributed by atoms with Gasteiger partial charge in [0, 0.05) is 7.11 Å². The van der Waals surface area contributed by atoms with Gasteiger partial charge in [0.2, 0.25) is 6.20 Å². The lowest BCUT2D eigenvalue weighted by Gasteiger charge is -1.94. The van der Waals surface area contributed by atoms with Crippen molar-refractivity contribution in [1.82, 2.24) is 5.27 Å². The highest BCUT2D eigenvalue weighted by molar-refractivity contribution is 4.39. The molecule has 0 saturated carbocycles. The van der Waals surface area contributed by atoms with Crippen molar-refractivity contribution in [2.45, 2.75) is 6.54 Å². The maximum atomic E-state index is 6.96. The Morgan fingerprint density at radius 2 is 2.70 bits per heavy atom. The van der Waals surface area contributed by atoms with Crippen LogP contribution < -0.4 is 15.5 Å². The van der Waals surface area contributed by atoms with Crippen molar-refractivity contribution < 1.29 is 13.9 Å². The van der Waals surface area contributed by atoms with Crippen molar-refractivity contribution >= 4 is 0 Å². The summed E-state index contributed by atoms with van der Waals surface area (Å²) < 4.78 is 10.8. The number of methoxy groups -OCH3 is 1. The minimum atomic E-state index is 0.0658. The maximum Gasteiger partial charge on any atom is 0.264 e. The van der Waals surface area contributed by atoms with Crippen LogP contribution in [0.15, 0.2) is 10.7 Å². The third kappa shape index (κ3) is 1.70. The number of aromatic nitrogens is 2. The quantitative estimate of drug-likeness (QED) is 0.532. The molecule has 56 valence electrons. The van der Waals surface area contributed by atoms with Gasteiger partial charge in [-0.3, -0.25) is 10.7 Å². The fourth-order valence-electron chi connectivity index (χ4n) is 0.569. The molecule has 10 heavy (non-hydrogen) atoms. The lowest BCUT2D eigenvalue weighted by molar-refractivity contribution is -0.768. The first-order valence-corrected chi connectivity index (χ1v) is 2.90. The summed E-state index contributed by atoms with van der Waals surface area (Å²) in [5.41, 5.74) is 0.0658. The normalized spacial score (nSPS) is 10.1. The van der Waals surface area contributed by atoms with Crippen LogP contribution in [0.5, 0.6) is 0 Å². The van der Waals surface area contributed by atoms with E-state index in [1.807, 2.05) is 0 Å². The molecule has 0 saturated heterocycles. The van der Waals surface area contributed by atoms with E-state index < -0.39 is 0 Å². The molecule has 0 amide bonds. The molecule has 0 radical (unpaired) electrons. The van der Waals surface area contributed by atoms with E-state index in [9.17, 15) is 0 Å².